The Hall–Kier alpha value is -2.49. The maximum absolute atomic E-state index is 13.4. The van der Waals surface area contributed by atoms with Crippen molar-refractivity contribution in [2.24, 2.45) is 0 Å². The first kappa shape index (κ1) is 11.6. The standard InChI is InChI=1S/C15H12FNO2/c16-12-5-1-2-7-14(12)19-9-10-8-17-15-11(10)4-3-6-13(15)18/h1-8,17-18H,9H2. The van der Waals surface area contributed by atoms with E-state index in [1.54, 1.807) is 36.5 Å². The van der Waals surface area contributed by atoms with E-state index in [1.807, 2.05) is 6.07 Å². The Bertz CT molecular complexity index is 721. The molecule has 0 amide bonds. The van der Waals surface area contributed by atoms with Gasteiger partial charge in [0.25, 0.3) is 0 Å². The number of hydrogen-bond donors (Lipinski definition) is 2. The highest BCUT2D eigenvalue weighted by molar-refractivity contribution is 5.87. The fourth-order valence-corrected chi connectivity index (χ4v) is 2.03. The number of aromatic amines is 1. The number of fused-ring (bicyclic) bond motifs is 1. The lowest BCUT2D eigenvalue weighted by Gasteiger charge is -2.06. The van der Waals surface area contributed by atoms with E-state index < -0.39 is 0 Å². The predicted molar refractivity (Wildman–Crippen MR) is 70.7 cm³/mol. The van der Waals surface area contributed by atoms with E-state index in [0.29, 0.717) is 5.52 Å². The van der Waals surface area contributed by atoms with Crippen LogP contribution in [0, 0.1) is 5.82 Å². The number of nitrogens with one attached hydrogen (secondary N) is 1. The highest BCUT2D eigenvalue weighted by Crippen LogP contribution is 2.27. The van der Waals surface area contributed by atoms with E-state index in [2.05, 4.69) is 4.98 Å². The summed E-state index contributed by atoms with van der Waals surface area (Å²) in [5.41, 5.74) is 1.53. The molecule has 0 bridgehead atoms. The molecule has 96 valence electrons. The number of benzene rings is 2. The maximum Gasteiger partial charge on any atom is 0.165 e. The molecule has 3 rings (SSSR count). The normalized spacial score (nSPS) is 10.8. The molecule has 0 unspecified atom stereocenters. The molecule has 0 spiro atoms. The van der Waals surface area contributed by atoms with Gasteiger partial charge in [0.1, 0.15) is 12.4 Å². The van der Waals surface area contributed by atoms with Crippen molar-refractivity contribution in [2.75, 3.05) is 0 Å². The largest absolute Gasteiger partial charge is 0.506 e. The summed E-state index contributed by atoms with van der Waals surface area (Å²) < 4.78 is 18.9. The third-order valence-electron chi connectivity index (χ3n) is 3.00. The zero-order valence-corrected chi connectivity index (χ0v) is 10.1. The van der Waals surface area contributed by atoms with Crippen molar-refractivity contribution in [3.8, 4) is 11.5 Å². The number of aromatic hydroxyl groups is 1. The van der Waals surface area contributed by atoms with Crippen molar-refractivity contribution in [3.63, 3.8) is 0 Å². The van der Waals surface area contributed by atoms with Gasteiger partial charge in [0.2, 0.25) is 0 Å². The number of ether oxygens (including phenoxy) is 1. The molecule has 0 radical (unpaired) electrons. The zero-order valence-electron chi connectivity index (χ0n) is 10.1. The average Bonchev–Trinajstić information content (AvgIpc) is 2.83. The highest BCUT2D eigenvalue weighted by atomic mass is 19.1. The lowest BCUT2D eigenvalue weighted by atomic mass is 10.2. The van der Waals surface area contributed by atoms with Gasteiger partial charge in [0.15, 0.2) is 11.6 Å². The van der Waals surface area contributed by atoms with Crippen LogP contribution in [0.3, 0.4) is 0 Å². The Labute approximate surface area is 109 Å². The van der Waals surface area contributed by atoms with Crippen molar-refractivity contribution in [1.29, 1.82) is 0 Å². The molecule has 0 aliphatic heterocycles. The summed E-state index contributed by atoms with van der Waals surface area (Å²) in [5, 5.41) is 10.6. The van der Waals surface area contributed by atoms with Crippen LogP contribution < -0.4 is 4.74 Å². The molecule has 3 aromatic rings. The van der Waals surface area contributed by atoms with Crippen molar-refractivity contribution in [3.05, 3.63) is 60.0 Å². The van der Waals surface area contributed by atoms with E-state index in [0.717, 1.165) is 10.9 Å². The fourth-order valence-electron chi connectivity index (χ4n) is 2.03. The second kappa shape index (κ2) is 4.65. The zero-order chi connectivity index (χ0) is 13.2. The summed E-state index contributed by atoms with van der Waals surface area (Å²) in [7, 11) is 0. The Balaban J connectivity index is 1.87. The van der Waals surface area contributed by atoms with Crippen molar-refractivity contribution < 1.29 is 14.2 Å². The van der Waals surface area contributed by atoms with Gasteiger partial charge in [0.05, 0.1) is 5.52 Å². The summed E-state index contributed by atoms with van der Waals surface area (Å²) in [4.78, 5) is 2.98. The summed E-state index contributed by atoms with van der Waals surface area (Å²) in [6.07, 6.45) is 1.76. The molecule has 4 heteroatoms. The summed E-state index contributed by atoms with van der Waals surface area (Å²) in [5.74, 6) is 0.0248. The van der Waals surface area contributed by atoms with Crippen LogP contribution >= 0.6 is 0 Å². The minimum absolute atomic E-state index is 0.189. The topological polar surface area (TPSA) is 45.2 Å². The van der Waals surface area contributed by atoms with Gasteiger partial charge in [0, 0.05) is 17.1 Å². The van der Waals surface area contributed by atoms with Gasteiger partial charge in [-0.2, -0.15) is 0 Å². The van der Waals surface area contributed by atoms with Crippen LogP contribution in [-0.2, 0) is 6.61 Å². The maximum atomic E-state index is 13.4. The molecule has 3 nitrogen and oxygen atoms in total. The lowest BCUT2D eigenvalue weighted by molar-refractivity contribution is 0.291. The highest BCUT2D eigenvalue weighted by Gasteiger charge is 2.08. The van der Waals surface area contributed by atoms with Gasteiger partial charge >= 0.3 is 0 Å². The molecule has 2 aromatic carbocycles. The molecule has 0 aliphatic carbocycles. The van der Waals surface area contributed by atoms with Crippen molar-refractivity contribution in [1.82, 2.24) is 4.98 Å². The molecule has 1 heterocycles. The van der Waals surface area contributed by atoms with E-state index in [1.165, 1.54) is 6.07 Å². The number of H-pyrrole nitrogens is 1. The molecule has 0 fully saturated rings. The van der Waals surface area contributed by atoms with E-state index in [4.69, 9.17) is 4.74 Å². The Morgan fingerprint density at radius 2 is 1.95 bits per heavy atom. The predicted octanol–water partition coefficient (Wildman–Crippen LogP) is 3.59. The summed E-state index contributed by atoms with van der Waals surface area (Å²) >= 11 is 0. The molecule has 1 aromatic heterocycles. The smallest absolute Gasteiger partial charge is 0.165 e. The number of rotatable bonds is 3. The van der Waals surface area contributed by atoms with Crippen LogP contribution in [0.5, 0.6) is 11.5 Å². The Morgan fingerprint density at radius 1 is 1.11 bits per heavy atom. The van der Waals surface area contributed by atoms with Gasteiger partial charge < -0.3 is 14.8 Å². The van der Waals surface area contributed by atoms with Crippen molar-refractivity contribution in [2.45, 2.75) is 6.61 Å². The van der Waals surface area contributed by atoms with Gasteiger partial charge in [-0.05, 0) is 18.2 Å². The van der Waals surface area contributed by atoms with Gasteiger partial charge in [-0.1, -0.05) is 24.3 Å². The molecule has 0 saturated carbocycles. The lowest BCUT2D eigenvalue weighted by Crippen LogP contribution is -1.96. The number of aromatic nitrogens is 1. The van der Waals surface area contributed by atoms with E-state index in [-0.39, 0.29) is 23.9 Å². The van der Waals surface area contributed by atoms with Crippen LogP contribution in [0.1, 0.15) is 5.56 Å². The number of para-hydroxylation sites is 2. The number of hydrogen-bond acceptors (Lipinski definition) is 2. The van der Waals surface area contributed by atoms with Crippen LogP contribution in [0.2, 0.25) is 0 Å². The van der Waals surface area contributed by atoms with Gasteiger partial charge in [-0.25, -0.2) is 4.39 Å². The second-order valence-corrected chi connectivity index (χ2v) is 4.23. The third-order valence-corrected chi connectivity index (χ3v) is 3.00. The number of phenolic OH excluding ortho intramolecular Hbond substituents is 1. The number of halogens is 1. The van der Waals surface area contributed by atoms with Crippen molar-refractivity contribution >= 4 is 10.9 Å². The molecular weight excluding hydrogens is 245 g/mol. The van der Waals surface area contributed by atoms with Crippen LogP contribution in [0.4, 0.5) is 4.39 Å². The molecule has 2 N–H and O–H groups in total. The van der Waals surface area contributed by atoms with Gasteiger partial charge in [-0.15, -0.1) is 0 Å². The molecular formula is C15H12FNO2. The van der Waals surface area contributed by atoms with Crippen LogP contribution in [0.15, 0.2) is 48.7 Å². The monoisotopic (exact) mass is 257 g/mol. The minimum Gasteiger partial charge on any atom is -0.506 e. The molecule has 0 atom stereocenters. The molecule has 19 heavy (non-hydrogen) atoms. The van der Waals surface area contributed by atoms with Crippen LogP contribution in [-0.4, -0.2) is 10.1 Å². The first-order valence-corrected chi connectivity index (χ1v) is 5.91. The van der Waals surface area contributed by atoms with Crippen LogP contribution in [0.25, 0.3) is 10.9 Å². The molecule has 0 aliphatic rings. The van der Waals surface area contributed by atoms with E-state index in [9.17, 15) is 9.50 Å². The minimum atomic E-state index is -0.384. The summed E-state index contributed by atoms with van der Waals surface area (Å²) in [6.45, 7) is 0.240. The third kappa shape index (κ3) is 2.12. The number of phenols is 1. The SMILES string of the molecule is Oc1cccc2c(COc3ccccc3F)c[nH]c12. The fraction of sp³-hybridized carbons (Fsp3) is 0.0667. The Morgan fingerprint density at radius 3 is 2.79 bits per heavy atom. The first-order valence-electron chi connectivity index (χ1n) is 5.91. The van der Waals surface area contributed by atoms with E-state index >= 15 is 0 Å². The first-order chi connectivity index (χ1) is 9.25. The average molecular weight is 257 g/mol. The van der Waals surface area contributed by atoms with Gasteiger partial charge in [-0.3, -0.25) is 0 Å². The Kier molecular flexibility index (Phi) is 2.83. The quantitative estimate of drug-likeness (QED) is 0.753. The molecule has 0 saturated heterocycles. The second-order valence-electron chi connectivity index (χ2n) is 4.23. The summed E-state index contributed by atoms with van der Waals surface area (Å²) in [6, 6.07) is 11.5.